The monoisotopic (exact) mass is 324 g/mol. The summed E-state index contributed by atoms with van der Waals surface area (Å²) < 4.78 is 0. The predicted molar refractivity (Wildman–Crippen MR) is 97.8 cm³/mol. The number of benzene rings is 2. The van der Waals surface area contributed by atoms with Gasteiger partial charge in [-0.05, 0) is 48.1 Å². The summed E-state index contributed by atoms with van der Waals surface area (Å²) in [5.74, 6) is 0.237. The zero-order valence-electron chi connectivity index (χ0n) is 12.5. The van der Waals surface area contributed by atoms with Gasteiger partial charge in [-0.25, -0.2) is 0 Å². The van der Waals surface area contributed by atoms with Gasteiger partial charge in [0.1, 0.15) is 5.75 Å². The van der Waals surface area contributed by atoms with E-state index in [2.05, 4.69) is 20.8 Å². The highest BCUT2D eigenvalue weighted by molar-refractivity contribution is 7.80. The van der Waals surface area contributed by atoms with E-state index < -0.39 is 0 Å². The van der Waals surface area contributed by atoms with E-state index in [-0.39, 0.29) is 5.75 Å². The van der Waals surface area contributed by atoms with Gasteiger partial charge in [0.15, 0.2) is 5.11 Å². The number of aromatic hydroxyl groups is 1. The number of phenolic OH excluding ortho intramolecular Hbond substituents is 1. The van der Waals surface area contributed by atoms with Crippen molar-refractivity contribution in [3.05, 3.63) is 54.1 Å². The minimum atomic E-state index is 0.237. The number of fused-ring (bicyclic) bond motifs is 1. The van der Waals surface area contributed by atoms with E-state index in [1.807, 2.05) is 36.4 Å². The summed E-state index contributed by atoms with van der Waals surface area (Å²) in [6.07, 6.45) is 1.74. The molecule has 0 fully saturated rings. The second-order valence-electron chi connectivity index (χ2n) is 4.96. The average Bonchev–Trinajstić information content (AvgIpc) is 2.94. The minimum absolute atomic E-state index is 0.237. The van der Waals surface area contributed by atoms with Crippen LogP contribution in [0.4, 0.5) is 0 Å². The number of hydrazone groups is 1. The third-order valence-electron chi connectivity index (χ3n) is 3.49. The molecule has 116 valence electrons. The zero-order chi connectivity index (χ0) is 16.2. The number of hydrogen-bond donors (Lipinski definition) is 4. The van der Waals surface area contributed by atoms with Gasteiger partial charge in [0.2, 0.25) is 0 Å². The van der Waals surface area contributed by atoms with Crippen LogP contribution in [0.1, 0.15) is 5.56 Å². The fourth-order valence-electron chi connectivity index (χ4n) is 2.36. The molecule has 0 atom stereocenters. The first-order chi connectivity index (χ1) is 11.2. The summed E-state index contributed by atoms with van der Waals surface area (Å²) in [5, 5.41) is 18.0. The van der Waals surface area contributed by atoms with E-state index in [1.54, 1.807) is 25.4 Å². The number of phenols is 1. The summed E-state index contributed by atoms with van der Waals surface area (Å²) in [4.78, 5) is 3.40. The maximum Gasteiger partial charge on any atom is 0.186 e. The van der Waals surface area contributed by atoms with Gasteiger partial charge in [0.25, 0.3) is 0 Å². The Morgan fingerprint density at radius 1 is 1.17 bits per heavy atom. The SMILES string of the molecule is CNC(=S)N/N=C/c1c(-c2ccc(O)cc2)[nH]c2ccccc12. The van der Waals surface area contributed by atoms with Crippen LogP contribution < -0.4 is 10.7 Å². The highest BCUT2D eigenvalue weighted by Crippen LogP contribution is 2.29. The van der Waals surface area contributed by atoms with Gasteiger partial charge in [0, 0.05) is 23.5 Å². The summed E-state index contributed by atoms with van der Waals surface area (Å²) in [6, 6.07) is 15.1. The molecular weight excluding hydrogens is 308 g/mol. The molecule has 3 rings (SSSR count). The number of nitrogens with zero attached hydrogens (tertiary/aromatic N) is 1. The molecule has 0 aliphatic carbocycles. The second kappa shape index (κ2) is 6.50. The van der Waals surface area contributed by atoms with Crippen LogP contribution in [-0.2, 0) is 0 Å². The first-order valence-corrected chi connectivity index (χ1v) is 7.51. The van der Waals surface area contributed by atoms with Crippen molar-refractivity contribution in [1.29, 1.82) is 0 Å². The Hall–Kier alpha value is -2.86. The number of hydrogen-bond acceptors (Lipinski definition) is 3. The summed E-state index contributed by atoms with van der Waals surface area (Å²) in [6.45, 7) is 0. The van der Waals surface area contributed by atoms with Crippen LogP contribution in [0.3, 0.4) is 0 Å². The molecule has 0 saturated heterocycles. The molecule has 2 aromatic carbocycles. The molecule has 5 nitrogen and oxygen atoms in total. The van der Waals surface area contributed by atoms with E-state index >= 15 is 0 Å². The summed E-state index contributed by atoms with van der Waals surface area (Å²) in [7, 11) is 1.73. The molecule has 0 bridgehead atoms. The van der Waals surface area contributed by atoms with Crippen molar-refractivity contribution in [2.45, 2.75) is 0 Å². The Balaban J connectivity index is 2.07. The smallest absolute Gasteiger partial charge is 0.186 e. The van der Waals surface area contributed by atoms with E-state index in [9.17, 15) is 5.11 Å². The Labute approximate surface area is 139 Å². The fourth-order valence-corrected chi connectivity index (χ4v) is 2.42. The van der Waals surface area contributed by atoms with Crippen LogP contribution in [0.2, 0.25) is 0 Å². The van der Waals surface area contributed by atoms with Crippen molar-refractivity contribution in [2.24, 2.45) is 5.10 Å². The molecule has 1 heterocycles. The molecule has 0 amide bonds. The van der Waals surface area contributed by atoms with E-state index in [1.165, 1.54) is 0 Å². The number of rotatable bonds is 3. The largest absolute Gasteiger partial charge is 0.508 e. The number of aromatic amines is 1. The Bertz CT molecular complexity index is 868. The molecule has 6 heteroatoms. The number of H-pyrrole nitrogens is 1. The van der Waals surface area contributed by atoms with Crippen LogP contribution >= 0.6 is 12.2 Å². The highest BCUT2D eigenvalue weighted by Gasteiger charge is 2.11. The highest BCUT2D eigenvalue weighted by atomic mass is 32.1. The summed E-state index contributed by atoms with van der Waals surface area (Å²) >= 11 is 5.02. The molecule has 1 aromatic heterocycles. The molecule has 3 aromatic rings. The molecule has 0 aliphatic rings. The van der Waals surface area contributed by atoms with E-state index in [0.29, 0.717) is 5.11 Å². The van der Waals surface area contributed by atoms with Crippen LogP contribution in [0.15, 0.2) is 53.6 Å². The maximum absolute atomic E-state index is 9.47. The number of aromatic nitrogens is 1. The standard InChI is InChI=1S/C17H16N4OS/c1-18-17(23)21-19-10-14-13-4-2-3-5-15(13)20-16(14)11-6-8-12(22)9-7-11/h2-10,20,22H,1H3,(H2,18,21,23)/b19-10+. The van der Waals surface area contributed by atoms with Gasteiger partial charge >= 0.3 is 0 Å². The van der Waals surface area contributed by atoms with Gasteiger partial charge in [-0.3, -0.25) is 5.43 Å². The topological polar surface area (TPSA) is 72.4 Å². The molecule has 0 radical (unpaired) electrons. The molecule has 23 heavy (non-hydrogen) atoms. The van der Waals surface area contributed by atoms with Gasteiger partial charge in [0.05, 0.1) is 11.9 Å². The lowest BCUT2D eigenvalue weighted by atomic mass is 10.1. The Kier molecular flexibility index (Phi) is 4.25. The molecule has 0 unspecified atom stereocenters. The van der Waals surface area contributed by atoms with Crippen molar-refractivity contribution < 1.29 is 5.11 Å². The van der Waals surface area contributed by atoms with Crippen LogP contribution in [0, 0.1) is 0 Å². The quantitative estimate of drug-likeness (QED) is 0.339. The zero-order valence-corrected chi connectivity index (χ0v) is 13.3. The number of thiocarbonyl (C=S) groups is 1. The normalized spacial score (nSPS) is 11.0. The van der Waals surface area contributed by atoms with Crippen LogP contribution in [0.5, 0.6) is 5.75 Å². The molecular formula is C17H16N4OS. The van der Waals surface area contributed by atoms with Crippen molar-refractivity contribution in [2.75, 3.05) is 7.05 Å². The first kappa shape index (κ1) is 15.1. The predicted octanol–water partition coefficient (Wildman–Crippen LogP) is 2.97. The lowest BCUT2D eigenvalue weighted by Crippen LogP contribution is -2.28. The second-order valence-corrected chi connectivity index (χ2v) is 5.36. The number of nitrogens with one attached hydrogen (secondary N) is 3. The maximum atomic E-state index is 9.47. The van der Waals surface area contributed by atoms with Gasteiger partial charge < -0.3 is 15.4 Å². The van der Waals surface area contributed by atoms with Crippen molar-refractivity contribution in [1.82, 2.24) is 15.7 Å². The third-order valence-corrected chi connectivity index (χ3v) is 3.78. The lowest BCUT2D eigenvalue weighted by molar-refractivity contribution is 0.475. The lowest BCUT2D eigenvalue weighted by Gasteiger charge is -2.03. The molecule has 4 N–H and O–H groups in total. The molecule has 0 spiro atoms. The first-order valence-electron chi connectivity index (χ1n) is 7.10. The van der Waals surface area contributed by atoms with Crippen molar-refractivity contribution in [3.8, 4) is 17.0 Å². The van der Waals surface area contributed by atoms with Gasteiger partial charge in [-0.1, -0.05) is 18.2 Å². The fraction of sp³-hybridized carbons (Fsp3) is 0.0588. The van der Waals surface area contributed by atoms with E-state index in [0.717, 1.165) is 27.7 Å². The van der Waals surface area contributed by atoms with Gasteiger partial charge in [-0.15, -0.1) is 0 Å². The molecule has 0 saturated carbocycles. The Morgan fingerprint density at radius 2 is 1.91 bits per heavy atom. The number of para-hydroxylation sites is 1. The van der Waals surface area contributed by atoms with E-state index in [4.69, 9.17) is 12.2 Å². The average molecular weight is 324 g/mol. The molecule has 0 aliphatic heterocycles. The van der Waals surface area contributed by atoms with Crippen LogP contribution in [-0.4, -0.2) is 28.5 Å². The van der Waals surface area contributed by atoms with Crippen molar-refractivity contribution >= 4 is 34.4 Å². The van der Waals surface area contributed by atoms with Crippen molar-refractivity contribution in [3.63, 3.8) is 0 Å². The Morgan fingerprint density at radius 3 is 2.65 bits per heavy atom. The van der Waals surface area contributed by atoms with Crippen LogP contribution in [0.25, 0.3) is 22.2 Å². The summed E-state index contributed by atoms with van der Waals surface area (Å²) in [5.41, 5.74) is 6.64. The third kappa shape index (κ3) is 3.17. The van der Waals surface area contributed by atoms with Gasteiger partial charge in [-0.2, -0.15) is 5.10 Å². The minimum Gasteiger partial charge on any atom is -0.508 e.